The Morgan fingerprint density at radius 2 is 2.14 bits per heavy atom. The molecule has 0 saturated heterocycles. The van der Waals surface area contributed by atoms with Crippen molar-refractivity contribution in [2.75, 3.05) is 13.2 Å². The van der Waals surface area contributed by atoms with Gasteiger partial charge >= 0.3 is 0 Å². The normalized spacial score (nSPS) is 23.4. The summed E-state index contributed by atoms with van der Waals surface area (Å²) in [5.74, 6) is 1.56. The highest BCUT2D eigenvalue weighted by molar-refractivity contribution is 5.41. The second-order valence-electron chi connectivity index (χ2n) is 7.28. The number of nitrogens with one attached hydrogen (secondary N) is 1. The highest BCUT2D eigenvalue weighted by Crippen LogP contribution is 2.36. The smallest absolute Gasteiger partial charge is 0.124 e. The SMILES string of the molecule is CC(C)c1ccc2c(c1)C(NCCC1(O)CCC1)CCCO2. The van der Waals surface area contributed by atoms with Crippen molar-refractivity contribution in [1.82, 2.24) is 5.32 Å². The van der Waals surface area contributed by atoms with Crippen molar-refractivity contribution in [2.24, 2.45) is 0 Å². The quantitative estimate of drug-likeness (QED) is 0.866. The molecule has 0 spiro atoms. The summed E-state index contributed by atoms with van der Waals surface area (Å²) in [6.45, 7) is 6.14. The maximum absolute atomic E-state index is 10.2. The highest BCUT2D eigenvalue weighted by Gasteiger charge is 2.33. The van der Waals surface area contributed by atoms with E-state index >= 15 is 0 Å². The van der Waals surface area contributed by atoms with E-state index in [1.807, 2.05) is 0 Å². The topological polar surface area (TPSA) is 41.5 Å². The summed E-state index contributed by atoms with van der Waals surface area (Å²) in [6, 6.07) is 6.97. The molecule has 22 heavy (non-hydrogen) atoms. The second-order valence-corrected chi connectivity index (χ2v) is 7.28. The van der Waals surface area contributed by atoms with Gasteiger partial charge < -0.3 is 15.2 Å². The lowest BCUT2D eigenvalue weighted by Crippen LogP contribution is -2.40. The molecule has 3 nitrogen and oxygen atoms in total. The lowest BCUT2D eigenvalue weighted by atomic mass is 9.78. The molecule has 2 aliphatic rings. The molecule has 122 valence electrons. The standard InChI is InChI=1S/C19H29NO2/c1-14(2)15-6-7-18-16(13-15)17(5-3-12-22-18)20-11-10-19(21)8-4-9-19/h6-7,13-14,17,20-21H,3-5,8-12H2,1-2H3. The van der Waals surface area contributed by atoms with Crippen LogP contribution in [-0.4, -0.2) is 23.9 Å². The zero-order valence-electron chi connectivity index (χ0n) is 13.9. The van der Waals surface area contributed by atoms with Crippen LogP contribution in [-0.2, 0) is 0 Å². The zero-order chi connectivity index (χ0) is 15.6. The number of hydrogen-bond acceptors (Lipinski definition) is 3. The molecule has 0 aromatic heterocycles. The predicted molar refractivity (Wildman–Crippen MR) is 89.4 cm³/mol. The molecule has 3 rings (SSSR count). The molecule has 2 N–H and O–H groups in total. The maximum atomic E-state index is 10.2. The van der Waals surface area contributed by atoms with Gasteiger partial charge in [-0.3, -0.25) is 0 Å². The van der Waals surface area contributed by atoms with Crippen molar-refractivity contribution in [3.05, 3.63) is 29.3 Å². The van der Waals surface area contributed by atoms with E-state index in [1.165, 1.54) is 17.5 Å². The number of fused-ring (bicyclic) bond motifs is 1. The molecule has 1 heterocycles. The Labute approximate surface area is 134 Å². The minimum Gasteiger partial charge on any atom is -0.493 e. The summed E-state index contributed by atoms with van der Waals surface area (Å²) in [7, 11) is 0. The minimum atomic E-state index is -0.392. The summed E-state index contributed by atoms with van der Waals surface area (Å²) in [4.78, 5) is 0. The molecule has 1 atom stereocenters. The fourth-order valence-corrected chi connectivity index (χ4v) is 3.48. The first-order valence-electron chi connectivity index (χ1n) is 8.80. The van der Waals surface area contributed by atoms with Crippen LogP contribution in [0.5, 0.6) is 5.75 Å². The lowest BCUT2D eigenvalue weighted by Gasteiger charge is -2.37. The Bertz CT molecular complexity index is 508. The molecule has 1 saturated carbocycles. The molecule has 0 bridgehead atoms. The monoisotopic (exact) mass is 303 g/mol. The van der Waals surface area contributed by atoms with E-state index in [9.17, 15) is 5.11 Å². The number of ether oxygens (including phenoxy) is 1. The van der Waals surface area contributed by atoms with Gasteiger partial charge in [0.2, 0.25) is 0 Å². The Balaban J connectivity index is 1.69. The number of benzene rings is 1. The Morgan fingerprint density at radius 3 is 2.82 bits per heavy atom. The molecule has 0 radical (unpaired) electrons. The van der Waals surface area contributed by atoms with Gasteiger partial charge in [-0.25, -0.2) is 0 Å². The van der Waals surface area contributed by atoms with E-state index in [2.05, 4.69) is 37.4 Å². The van der Waals surface area contributed by atoms with Crippen LogP contribution in [0.1, 0.15) is 75.5 Å². The predicted octanol–water partition coefficient (Wildman–Crippen LogP) is 3.92. The molecular weight excluding hydrogens is 274 g/mol. The van der Waals surface area contributed by atoms with Gasteiger partial charge in [0.25, 0.3) is 0 Å². The number of rotatable bonds is 5. The molecule has 1 aliphatic carbocycles. The van der Waals surface area contributed by atoms with Gasteiger partial charge in [0.05, 0.1) is 12.2 Å². The minimum absolute atomic E-state index is 0.347. The average Bonchev–Trinajstić information content (AvgIpc) is 2.67. The lowest BCUT2D eigenvalue weighted by molar-refractivity contribution is -0.0399. The van der Waals surface area contributed by atoms with Crippen LogP contribution in [0.2, 0.25) is 0 Å². The second kappa shape index (κ2) is 6.59. The van der Waals surface area contributed by atoms with Crippen molar-refractivity contribution in [3.8, 4) is 5.75 Å². The van der Waals surface area contributed by atoms with Crippen LogP contribution in [0.15, 0.2) is 18.2 Å². The molecular formula is C19H29NO2. The number of aliphatic hydroxyl groups is 1. The fraction of sp³-hybridized carbons (Fsp3) is 0.684. The summed E-state index contributed by atoms with van der Waals surface area (Å²) in [5, 5.41) is 13.9. The molecule has 1 aromatic rings. The van der Waals surface area contributed by atoms with Gasteiger partial charge in [-0.1, -0.05) is 26.0 Å². The highest BCUT2D eigenvalue weighted by atomic mass is 16.5. The summed E-state index contributed by atoms with van der Waals surface area (Å²) >= 11 is 0. The van der Waals surface area contributed by atoms with Gasteiger partial charge in [0.15, 0.2) is 0 Å². The van der Waals surface area contributed by atoms with Crippen LogP contribution >= 0.6 is 0 Å². The van der Waals surface area contributed by atoms with Crippen LogP contribution in [0.25, 0.3) is 0 Å². The van der Waals surface area contributed by atoms with Gasteiger partial charge in [-0.2, -0.15) is 0 Å². The van der Waals surface area contributed by atoms with Gasteiger partial charge in [-0.05, 0) is 62.6 Å². The van der Waals surface area contributed by atoms with Crippen LogP contribution in [0.4, 0.5) is 0 Å². The maximum Gasteiger partial charge on any atom is 0.124 e. The molecule has 3 heteroatoms. The Hall–Kier alpha value is -1.06. The zero-order valence-corrected chi connectivity index (χ0v) is 13.9. The van der Waals surface area contributed by atoms with E-state index in [1.54, 1.807) is 0 Å². The van der Waals surface area contributed by atoms with E-state index in [0.29, 0.717) is 12.0 Å². The number of hydrogen-bond donors (Lipinski definition) is 2. The van der Waals surface area contributed by atoms with Crippen LogP contribution < -0.4 is 10.1 Å². The van der Waals surface area contributed by atoms with E-state index in [-0.39, 0.29) is 0 Å². The fourth-order valence-electron chi connectivity index (χ4n) is 3.48. The van der Waals surface area contributed by atoms with Gasteiger partial charge in [0, 0.05) is 11.6 Å². The molecule has 0 amide bonds. The van der Waals surface area contributed by atoms with Gasteiger partial charge in [0.1, 0.15) is 5.75 Å². The van der Waals surface area contributed by atoms with E-state index in [4.69, 9.17) is 4.74 Å². The molecule has 1 aliphatic heterocycles. The first-order chi connectivity index (χ1) is 10.6. The summed E-state index contributed by atoms with van der Waals surface area (Å²) in [5.41, 5.74) is 2.27. The van der Waals surface area contributed by atoms with Crippen LogP contribution in [0.3, 0.4) is 0 Å². The first kappa shape index (κ1) is 15.8. The van der Waals surface area contributed by atoms with Crippen molar-refractivity contribution >= 4 is 0 Å². The third kappa shape index (κ3) is 3.47. The van der Waals surface area contributed by atoms with Gasteiger partial charge in [-0.15, -0.1) is 0 Å². The van der Waals surface area contributed by atoms with E-state index < -0.39 is 5.60 Å². The van der Waals surface area contributed by atoms with Crippen molar-refractivity contribution in [3.63, 3.8) is 0 Å². The third-order valence-electron chi connectivity index (χ3n) is 5.24. The van der Waals surface area contributed by atoms with Crippen molar-refractivity contribution in [2.45, 2.75) is 69.9 Å². The third-order valence-corrected chi connectivity index (χ3v) is 5.24. The Kier molecular flexibility index (Phi) is 4.74. The first-order valence-corrected chi connectivity index (χ1v) is 8.80. The summed E-state index contributed by atoms with van der Waals surface area (Å²) in [6.07, 6.45) is 6.16. The Morgan fingerprint density at radius 1 is 1.32 bits per heavy atom. The largest absolute Gasteiger partial charge is 0.493 e. The molecule has 1 fully saturated rings. The van der Waals surface area contributed by atoms with E-state index in [0.717, 1.165) is 51.0 Å². The summed E-state index contributed by atoms with van der Waals surface area (Å²) < 4.78 is 5.90. The van der Waals surface area contributed by atoms with Crippen molar-refractivity contribution in [1.29, 1.82) is 0 Å². The van der Waals surface area contributed by atoms with Crippen LogP contribution in [0, 0.1) is 0 Å². The average molecular weight is 303 g/mol. The molecule has 1 aromatic carbocycles. The van der Waals surface area contributed by atoms with Crippen molar-refractivity contribution < 1.29 is 9.84 Å². The molecule has 1 unspecified atom stereocenters.